The zero-order chi connectivity index (χ0) is 25.9. The van der Waals surface area contributed by atoms with Crippen LogP contribution in [0.25, 0.3) is 16.8 Å². The fourth-order valence-corrected chi connectivity index (χ4v) is 5.35. The van der Waals surface area contributed by atoms with Gasteiger partial charge in [0, 0.05) is 30.3 Å². The van der Waals surface area contributed by atoms with Crippen LogP contribution in [-0.2, 0) is 6.42 Å². The van der Waals surface area contributed by atoms with Crippen molar-refractivity contribution >= 4 is 17.1 Å². The molecule has 2 aromatic heterocycles. The molecule has 2 heterocycles. The van der Waals surface area contributed by atoms with Crippen LogP contribution in [-0.4, -0.2) is 33.8 Å². The van der Waals surface area contributed by atoms with Gasteiger partial charge in [-0.3, -0.25) is 9.20 Å². The van der Waals surface area contributed by atoms with Crippen molar-refractivity contribution in [3.05, 3.63) is 77.6 Å². The average Bonchev–Trinajstić information content (AvgIpc) is 3.33. The molecule has 4 N–H and O–H groups in total. The number of nitrogen functional groups attached to an aromatic ring is 1. The molecule has 0 amide bonds. The van der Waals surface area contributed by atoms with Crippen LogP contribution in [0.5, 0.6) is 5.75 Å². The Hall–Kier alpha value is -3.78. The number of carbonyl (C=O) groups is 1. The quantitative estimate of drug-likeness (QED) is 0.322. The third-order valence-electron chi connectivity index (χ3n) is 7.49. The highest BCUT2D eigenvalue weighted by Gasteiger charge is 2.27. The van der Waals surface area contributed by atoms with Gasteiger partial charge in [-0.25, -0.2) is 14.4 Å². The van der Waals surface area contributed by atoms with Gasteiger partial charge in [0.15, 0.2) is 5.78 Å². The molecule has 7 nitrogen and oxygen atoms in total. The van der Waals surface area contributed by atoms with E-state index >= 15 is 0 Å². The normalized spacial score (nSPS) is 17.7. The zero-order valence-corrected chi connectivity index (χ0v) is 21.0. The Bertz CT molecular complexity index is 1410. The van der Waals surface area contributed by atoms with Gasteiger partial charge in [0.2, 0.25) is 0 Å². The monoisotopic (exact) mass is 501 g/mol. The molecule has 37 heavy (non-hydrogen) atoms. The Morgan fingerprint density at radius 3 is 2.59 bits per heavy atom. The lowest BCUT2D eigenvalue weighted by Gasteiger charge is -2.26. The van der Waals surface area contributed by atoms with Crippen LogP contribution >= 0.6 is 0 Å². The van der Waals surface area contributed by atoms with Gasteiger partial charge in [0.05, 0.1) is 12.7 Å². The van der Waals surface area contributed by atoms with Crippen molar-refractivity contribution in [2.24, 2.45) is 11.7 Å². The van der Waals surface area contributed by atoms with Crippen molar-refractivity contribution in [3.8, 4) is 17.0 Å². The van der Waals surface area contributed by atoms with Crippen molar-refractivity contribution in [2.45, 2.75) is 44.4 Å². The molecule has 0 spiro atoms. The van der Waals surface area contributed by atoms with E-state index in [9.17, 15) is 9.18 Å². The summed E-state index contributed by atoms with van der Waals surface area (Å²) in [6.45, 7) is 0.741. The number of aromatic nitrogens is 3. The number of methoxy groups -OCH3 is 1. The fourth-order valence-electron chi connectivity index (χ4n) is 5.35. The molecule has 192 valence electrons. The third-order valence-corrected chi connectivity index (χ3v) is 7.49. The van der Waals surface area contributed by atoms with Crippen LogP contribution in [0.2, 0.25) is 0 Å². The number of rotatable bonds is 8. The number of benzene rings is 2. The minimum atomic E-state index is -0.457. The molecular formula is C29H32FN5O2. The second kappa shape index (κ2) is 10.7. The molecule has 0 radical (unpaired) electrons. The number of anilines is 1. The van der Waals surface area contributed by atoms with E-state index in [1.165, 1.54) is 25.3 Å². The maximum atomic E-state index is 13.7. The van der Waals surface area contributed by atoms with Gasteiger partial charge in [-0.1, -0.05) is 24.3 Å². The molecule has 2 aromatic carbocycles. The van der Waals surface area contributed by atoms with Gasteiger partial charge in [0.25, 0.3) is 0 Å². The Labute approximate surface area is 215 Å². The van der Waals surface area contributed by atoms with Crippen LogP contribution in [0.1, 0.15) is 59.8 Å². The van der Waals surface area contributed by atoms with Gasteiger partial charge in [-0.2, -0.15) is 0 Å². The number of hydrogen-bond donors (Lipinski definition) is 2. The molecule has 4 aromatic rings. The molecule has 0 atom stereocenters. The van der Waals surface area contributed by atoms with Gasteiger partial charge in [-0.05, 0) is 68.3 Å². The number of Topliss-reactive ketones (excluding diaryl/α,β-unsaturated/α-hetero) is 1. The summed E-state index contributed by atoms with van der Waals surface area (Å²) in [6.07, 6.45) is 8.78. The van der Waals surface area contributed by atoms with Crippen LogP contribution in [0.15, 0.2) is 54.9 Å². The molecule has 5 rings (SSSR count). The molecule has 0 bridgehead atoms. The van der Waals surface area contributed by atoms with E-state index in [2.05, 4.69) is 9.38 Å². The van der Waals surface area contributed by atoms with Crippen molar-refractivity contribution in [3.63, 3.8) is 0 Å². The zero-order valence-electron chi connectivity index (χ0n) is 21.0. The fraction of sp³-hybridized carbons (Fsp3) is 0.345. The average molecular weight is 502 g/mol. The van der Waals surface area contributed by atoms with E-state index < -0.39 is 5.82 Å². The Balaban J connectivity index is 1.36. The largest absolute Gasteiger partial charge is 0.496 e. The number of nitrogens with two attached hydrogens (primary N) is 2. The van der Waals surface area contributed by atoms with Crippen molar-refractivity contribution in [2.75, 3.05) is 19.4 Å². The number of hydrogen-bond acceptors (Lipinski definition) is 6. The lowest BCUT2D eigenvalue weighted by atomic mass is 9.81. The standard InChI is InChI=1S/C29H32FN5O2/c1-37-25-13-11-22(30)16-23(25)24(36)12-6-18-2-7-20(8-3-18)26-27-28(32)33-14-15-35(27)29(34-26)21-9-4-19(17-31)5-10-21/h2-3,7-8,11,13-16,19,21H,4-6,9-10,12,17,31H2,1H3,(H2,32,33). The lowest BCUT2D eigenvalue weighted by molar-refractivity contribution is 0.0979. The first-order chi connectivity index (χ1) is 18.0. The number of carbonyl (C=O) groups excluding carboxylic acids is 1. The number of nitrogens with zero attached hydrogens (tertiary/aromatic N) is 3. The minimum absolute atomic E-state index is 0.159. The van der Waals surface area contributed by atoms with Crippen LogP contribution in [0.3, 0.4) is 0 Å². The van der Waals surface area contributed by atoms with Gasteiger partial charge < -0.3 is 16.2 Å². The van der Waals surface area contributed by atoms with E-state index in [0.29, 0.717) is 29.8 Å². The first-order valence-corrected chi connectivity index (χ1v) is 12.8. The smallest absolute Gasteiger partial charge is 0.167 e. The molecule has 0 unspecified atom stereocenters. The second-order valence-electron chi connectivity index (χ2n) is 9.77. The van der Waals surface area contributed by atoms with Gasteiger partial charge >= 0.3 is 0 Å². The maximum Gasteiger partial charge on any atom is 0.167 e. The predicted octanol–water partition coefficient (Wildman–Crippen LogP) is 5.17. The molecule has 0 saturated heterocycles. The first-order valence-electron chi connectivity index (χ1n) is 12.8. The molecule has 1 aliphatic rings. The second-order valence-corrected chi connectivity index (χ2v) is 9.77. The highest BCUT2D eigenvalue weighted by molar-refractivity contribution is 5.98. The maximum absolute atomic E-state index is 13.7. The summed E-state index contributed by atoms with van der Waals surface area (Å²) in [4.78, 5) is 22.1. The van der Waals surface area contributed by atoms with Crippen LogP contribution < -0.4 is 16.2 Å². The number of halogens is 1. The molecule has 8 heteroatoms. The summed E-state index contributed by atoms with van der Waals surface area (Å²) in [5.74, 6) is 2.19. The topological polar surface area (TPSA) is 109 Å². The number of aryl methyl sites for hydroxylation is 1. The summed E-state index contributed by atoms with van der Waals surface area (Å²) in [6, 6.07) is 12.0. The summed E-state index contributed by atoms with van der Waals surface area (Å²) in [7, 11) is 1.47. The van der Waals surface area contributed by atoms with Crippen molar-refractivity contribution in [1.29, 1.82) is 0 Å². The summed E-state index contributed by atoms with van der Waals surface area (Å²) in [5, 5.41) is 0. The Kier molecular flexibility index (Phi) is 7.19. The van der Waals surface area contributed by atoms with E-state index in [0.717, 1.165) is 60.4 Å². The number of ketones is 1. The third kappa shape index (κ3) is 5.06. The van der Waals surface area contributed by atoms with Gasteiger partial charge in [0.1, 0.15) is 34.4 Å². The molecule has 1 saturated carbocycles. The van der Waals surface area contributed by atoms with Crippen LogP contribution in [0.4, 0.5) is 10.2 Å². The van der Waals surface area contributed by atoms with Crippen molar-refractivity contribution in [1.82, 2.24) is 14.4 Å². The molecular weight excluding hydrogens is 469 g/mol. The van der Waals surface area contributed by atoms with Crippen LogP contribution in [0, 0.1) is 11.7 Å². The highest BCUT2D eigenvalue weighted by Crippen LogP contribution is 2.38. The molecule has 1 fully saturated rings. The van der Waals surface area contributed by atoms with E-state index in [1.54, 1.807) is 6.20 Å². The number of ether oxygens (including phenoxy) is 1. The number of imidazole rings is 1. The van der Waals surface area contributed by atoms with E-state index in [4.69, 9.17) is 21.2 Å². The SMILES string of the molecule is COc1ccc(F)cc1C(=O)CCc1ccc(-c2nc(C3CCC(CN)CC3)n3ccnc(N)c23)cc1. The van der Waals surface area contributed by atoms with Gasteiger partial charge in [-0.15, -0.1) is 0 Å². The molecule has 0 aliphatic heterocycles. The minimum Gasteiger partial charge on any atom is -0.496 e. The first kappa shape index (κ1) is 24.9. The Morgan fingerprint density at radius 1 is 1.14 bits per heavy atom. The molecule has 1 aliphatic carbocycles. The highest BCUT2D eigenvalue weighted by atomic mass is 19.1. The predicted molar refractivity (Wildman–Crippen MR) is 142 cm³/mol. The van der Waals surface area contributed by atoms with E-state index in [-0.39, 0.29) is 17.8 Å². The summed E-state index contributed by atoms with van der Waals surface area (Å²) >= 11 is 0. The summed E-state index contributed by atoms with van der Waals surface area (Å²) < 4.78 is 21.0. The lowest BCUT2D eigenvalue weighted by Crippen LogP contribution is -2.21. The summed E-state index contributed by atoms with van der Waals surface area (Å²) in [5.41, 5.74) is 16.1. The number of fused-ring (bicyclic) bond motifs is 1. The van der Waals surface area contributed by atoms with E-state index in [1.807, 2.05) is 30.5 Å². The van der Waals surface area contributed by atoms with Crippen molar-refractivity contribution < 1.29 is 13.9 Å². The Morgan fingerprint density at radius 2 is 1.89 bits per heavy atom.